The smallest absolute Gasteiger partial charge is 0.345 e. The number of hydrogen-bond donors (Lipinski definition) is 0. The normalized spacial score (nSPS) is 10.4. The molecule has 3 aromatic rings. The molecule has 0 atom stereocenters. The molecule has 0 saturated heterocycles. The fraction of sp³-hybridized carbons (Fsp3) is 0.0588. The van der Waals surface area contributed by atoms with Gasteiger partial charge in [0.15, 0.2) is 12.4 Å². The van der Waals surface area contributed by atoms with Crippen LogP contribution in [-0.2, 0) is 11.3 Å². The van der Waals surface area contributed by atoms with E-state index in [4.69, 9.17) is 20.8 Å². The van der Waals surface area contributed by atoms with Crippen molar-refractivity contribution in [3.05, 3.63) is 81.3 Å². The van der Waals surface area contributed by atoms with Crippen LogP contribution in [-0.4, -0.2) is 15.9 Å². The number of esters is 1. The van der Waals surface area contributed by atoms with E-state index in [1.807, 2.05) is 30.3 Å². The standard InChI is InChI=1S/C17H11ClN2O5/c18-12-6-7-13(14(8-12)20(22)23)17(21)24-10-16-19-9-15(25-16)11-4-2-1-3-5-11/h1-9H,10H2. The summed E-state index contributed by atoms with van der Waals surface area (Å²) in [6, 6.07) is 13.0. The van der Waals surface area contributed by atoms with Crippen LogP contribution in [0, 0.1) is 10.1 Å². The molecule has 0 saturated carbocycles. The van der Waals surface area contributed by atoms with Crippen molar-refractivity contribution >= 4 is 23.3 Å². The van der Waals surface area contributed by atoms with E-state index in [0.29, 0.717) is 5.76 Å². The first kappa shape index (κ1) is 16.7. The van der Waals surface area contributed by atoms with Gasteiger partial charge < -0.3 is 9.15 Å². The van der Waals surface area contributed by atoms with Gasteiger partial charge in [0.25, 0.3) is 5.69 Å². The number of hydrogen-bond acceptors (Lipinski definition) is 6. The second-order valence-corrected chi connectivity index (χ2v) is 5.42. The average Bonchev–Trinajstić information content (AvgIpc) is 3.09. The highest BCUT2D eigenvalue weighted by molar-refractivity contribution is 6.31. The van der Waals surface area contributed by atoms with Crippen LogP contribution < -0.4 is 0 Å². The van der Waals surface area contributed by atoms with Crippen LogP contribution in [0.4, 0.5) is 5.69 Å². The SMILES string of the molecule is O=C(OCc1ncc(-c2ccccc2)o1)c1ccc(Cl)cc1[N+](=O)[O-]. The van der Waals surface area contributed by atoms with Crippen LogP contribution >= 0.6 is 11.6 Å². The Kier molecular flexibility index (Phi) is 4.76. The molecule has 0 fully saturated rings. The first-order chi connectivity index (χ1) is 12.0. The van der Waals surface area contributed by atoms with Gasteiger partial charge in [-0.25, -0.2) is 9.78 Å². The number of carbonyl (C=O) groups excluding carboxylic acids is 1. The molecule has 126 valence electrons. The van der Waals surface area contributed by atoms with Crippen molar-refractivity contribution in [2.75, 3.05) is 0 Å². The van der Waals surface area contributed by atoms with Crippen molar-refractivity contribution in [1.82, 2.24) is 4.98 Å². The average molecular weight is 359 g/mol. The Morgan fingerprint density at radius 1 is 1.24 bits per heavy atom. The Morgan fingerprint density at radius 2 is 2.00 bits per heavy atom. The largest absolute Gasteiger partial charge is 0.452 e. The van der Waals surface area contributed by atoms with Gasteiger partial charge in [-0.3, -0.25) is 10.1 Å². The van der Waals surface area contributed by atoms with Crippen LogP contribution in [0.2, 0.25) is 5.02 Å². The molecule has 3 rings (SSSR count). The lowest BCUT2D eigenvalue weighted by atomic mass is 10.2. The molecule has 0 radical (unpaired) electrons. The highest BCUT2D eigenvalue weighted by atomic mass is 35.5. The van der Waals surface area contributed by atoms with E-state index < -0.39 is 16.6 Å². The first-order valence-electron chi connectivity index (χ1n) is 7.16. The minimum absolute atomic E-state index is 0.156. The van der Waals surface area contributed by atoms with Crippen LogP contribution in [0.25, 0.3) is 11.3 Å². The lowest BCUT2D eigenvalue weighted by Crippen LogP contribution is -2.08. The molecule has 0 N–H and O–H groups in total. The number of ether oxygens (including phenoxy) is 1. The number of nitro groups is 1. The number of nitro benzene ring substituents is 1. The van der Waals surface area contributed by atoms with Crippen LogP contribution in [0.1, 0.15) is 16.2 Å². The molecule has 0 unspecified atom stereocenters. The highest BCUT2D eigenvalue weighted by Crippen LogP contribution is 2.25. The first-order valence-corrected chi connectivity index (χ1v) is 7.53. The Bertz CT molecular complexity index is 924. The van der Waals surface area contributed by atoms with E-state index in [1.54, 1.807) is 0 Å². The van der Waals surface area contributed by atoms with E-state index in [-0.39, 0.29) is 23.1 Å². The van der Waals surface area contributed by atoms with Crippen molar-refractivity contribution < 1.29 is 18.9 Å². The van der Waals surface area contributed by atoms with E-state index in [9.17, 15) is 14.9 Å². The van der Waals surface area contributed by atoms with Gasteiger partial charge in [-0.05, 0) is 12.1 Å². The third kappa shape index (κ3) is 3.84. The van der Waals surface area contributed by atoms with Gasteiger partial charge in [0, 0.05) is 16.7 Å². The molecule has 1 aromatic heterocycles. The Hall–Kier alpha value is -3.19. The molecule has 0 amide bonds. The summed E-state index contributed by atoms with van der Waals surface area (Å²) in [5.74, 6) is -0.143. The maximum atomic E-state index is 12.1. The number of oxazole rings is 1. The maximum absolute atomic E-state index is 12.1. The minimum atomic E-state index is -0.858. The van der Waals surface area contributed by atoms with Gasteiger partial charge in [0.1, 0.15) is 5.56 Å². The van der Waals surface area contributed by atoms with E-state index in [2.05, 4.69) is 4.98 Å². The number of carbonyl (C=O) groups is 1. The van der Waals surface area contributed by atoms with Gasteiger partial charge in [0.2, 0.25) is 5.89 Å². The van der Waals surface area contributed by atoms with Crippen LogP contribution in [0.15, 0.2) is 59.1 Å². The summed E-state index contributed by atoms with van der Waals surface area (Å²) in [5, 5.41) is 11.2. The molecule has 0 aliphatic heterocycles. The Labute approximate surface area is 147 Å². The molecule has 2 aromatic carbocycles. The molecule has 7 nitrogen and oxygen atoms in total. The van der Waals surface area contributed by atoms with Crippen molar-refractivity contribution in [3.63, 3.8) is 0 Å². The van der Waals surface area contributed by atoms with Crippen LogP contribution in [0.3, 0.4) is 0 Å². The number of benzene rings is 2. The molecule has 0 aliphatic rings. The fourth-order valence-corrected chi connectivity index (χ4v) is 2.31. The maximum Gasteiger partial charge on any atom is 0.345 e. The lowest BCUT2D eigenvalue weighted by molar-refractivity contribution is -0.385. The molecular weight excluding hydrogens is 348 g/mol. The number of nitrogens with zero attached hydrogens (tertiary/aromatic N) is 2. The predicted octanol–water partition coefficient (Wildman–Crippen LogP) is 4.26. The molecular formula is C17H11ClN2O5. The van der Waals surface area contributed by atoms with Crippen LogP contribution in [0.5, 0.6) is 0 Å². The molecule has 1 heterocycles. The highest BCUT2D eigenvalue weighted by Gasteiger charge is 2.22. The zero-order valence-electron chi connectivity index (χ0n) is 12.7. The van der Waals surface area contributed by atoms with E-state index in [1.165, 1.54) is 18.3 Å². The predicted molar refractivity (Wildman–Crippen MR) is 89.2 cm³/mol. The van der Waals surface area contributed by atoms with Crippen molar-refractivity contribution in [3.8, 4) is 11.3 Å². The van der Waals surface area contributed by atoms with Gasteiger partial charge in [-0.2, -0.15) is 0 Å². The summed E-state index contributed by atoms with van der Waals surface area (Å²) in [4.78, 5) is 26.5. The zero-order chi connectivity index (χ0) is 17.8. The van der Waals surface area contributed by atoms with Gasteiger partial charge in [-0.1, -0.05) is 41.9 Å². The molecule has 0 spiro atoms. The molecule has 8 heteroatoms. The summed E-state index contributed by atoms with van der Waals surface area (Å²) in [7, 11) is 0. The number of aromatic nitrogens is 1. The van der Waals surface area contributed by atoms with Crippen molar-refractivity contribution in [2.24, 2.45) is 0 Å². The molecule has 0 aliphatic carbocycles. The van der Waals surface area contributed by atoms with E-state index >= 15 is 0 Å². The summed E-state index contributed by atoms with van der Waals surface area (Å²) in [6.45, 7) is -0.245. The second-order valence-electron chi connectivity index (χ2n) is 4.98. The van der Waals surface area contributed by atoms with Gasteiger partial charge in [0.05, 0.1) is 11.1 Å². The quantitative estimate of drug-likeness (QED) is 0.384. The monoisotopic (exact) mass is 358 g/mol. The molecule has 25 heavy (non-hydrogen) atoms. The minimum Gasteiger partial charge on any atom is -0.452 e. The summed E-state index contributed by atoms with van der Waals surface area (Å²) in [5.41, 5.74) is 0.222. The Balaban J connectivity index is 1.71. The van der Waals surface area contributed by atoms with E-state index in [0.717, 1.165) is 11.6 Å². The van der Waals surface area contributed by atoms with Gasteiger partial charge >= 0.3 is 5.97 Å². The zero-order valence-corrected chi connectivity index (χ0v) is 13.5. The third-order valence-electron chi connectivity index (χ3n) is 3.31. The summed E-state index contributed by atoms with van der Waals surface area (Å²) < 4.78 is 10.6. The van der Waals surface area contributed by atoms with Crippen molar-refractivity contribution in [1.29, 1.82) is 0 Å². The second kappa shape index (κ2) is 7.14. The number of rotatable bonds is 5. The lowest BCUT2D eigenvalue weighted by Gasteiger charge is -2.04. The number of halogens is 1. The topological polar surface area (TPSA) is 95.5 Å². The molecule has 0 bridgehead atoms. The fourth-order valence-electron chi connectivity index (χ4n) is 2.15. The summed E-state index contributed by atoms with van der Waals surface area (Å²) >= 11 is 5.72. The Morgan fingerprint density at radius 3 is 2.72 bits per heavy atom. The summed E-state index contributed by atoms with van der Waals surface area (Å²) in [6.07, 6.45) is 1.52. The van der Waals surface area contributed by atoms with Crippen molar-refractivity contribution in [2.45, 2.75) is 6.61 Å². The van der Waals surface area contributed by atoms with Gasteiger partial charge in [-0.15, -0.1) is 0 Å². The third-order valence-corrected chi connectivity index (χ3v) is 3.55.